The minimum Gasteiger partial charge on any atom is -0.311 e. The Morgan fingerprint density at radius 3 is 2.47 bits per heavy atom. The predicted octanol–water partition coefficient (Wildman–Crippen LogP) is 0.00340. The summed E-state index contributed by atoms with van der Waals surface area (Å²) >= 11 is 0. The molecule has 0 radical (unpaired) electrons. The van der Waals surface area contributed by atoms with Crippen molar-refractivity contribution in [2.24, 2.45) is 5.73 Å². The van der Waals surface area contributed by atoms with E-state index in [1.807, 2.05) is 0 Å². The van der Waals surface area contributed by atoms with Crippen molar-refractivity contribution >= 4 is 17.6 Å². The highest BCUT2D eigenvalue weighted by Crippen LogP contribution is 2.20. The Labute approximate surface area is 98.0 Å². The number of hydrogen-bond acceptors (Lipinski definition) is 4. The van der Waals surface area contributed by atoms with Crippen molar-refractivity contribution in [2.45, 2.75) is 18.4 Å². The summed E-state index contributed by atoms with van der Waals surface area (Å²) in [4.78, 5) is 34.8. The van der Waals surface area contributed by atoms with Gasteiger partial charge in [-0.15, -0.1) is 0 Å². The van der Waals surface area contributed by atoms with E-state index in [1.54, 1.807) is 30.3 Å². The number of piperidine rings is 1. The molecular weight excluding hydrogens is 220 g/mol. The largest absolute Gasteiger partial charge is 0.311 e. The van der Waals surface area contributed by atoms with Crippen molar-refractivity contribution in [3.8, 4) is 0 Å². The van der Waals surface area contributed by atoms with E-state index in [4.69, 9.17) is 5.73 Å². The van der Waals surface area contributed by atoms with Gasteiger partial charge in [-0.05, 0) is 6.42 Å². The number of carbonyl (C=O) groups excluding carboxylic acids is 3. The molecule has 1 unspecified atom stereocenters. The van der Waals surface area contributed by atoms with Crippen LogP contribution in [-0.4, -0.2) is 23.1 Å². The maximum atomic E-state index is 12.1. The lowest BCUT2D eigenvalue weighted by molar-refractivity contribution is -0.136. The Morgan fingerprint density at radius 1 is 1.24 bits per heavy atom. The third-order valence-corrected chi connectivity index (χ3v) is 2.85. The van der Waals surface area contributed by atoms with Gasteiger partial charge in [-0.3, -0.25) is 19.7 Å². The smallest absolute Gasteiger partial charge is 0.254 e. The second kappa shape index (κ2) is 4.10. The zero-order chi connectivity index (χ0) is 12.5. The summed E-state index contributed by atoms with van der Waals surface area (Å²) in [6.07, 6.45) is 0.131. The van der Waals surface area contributed by atoms with Gasteiger partial charge in [-0.1, -0.05) is 30.3 Å². The van der Waals surface area contributed by atoms with E-state index in [-0.39, 0.29) is 12.8 Å². The lowest BCUT2D eigenvalue weighted by atomic mass is 9.83. The minimum absolute atomic E-state index is 0.0470. The topological polar surface area (TPSA) is 89.3 Å². The van der Waals surface area contributed by atoms with Gasteiger partial charge in [0.2, 0.25) is 5.91 Å². The van der Waals surface area contributed by atoms with Gasteiger partial charge in [-0.2, -0.15) is 0 Å². The fraction of sp³-hybridized carbons (Fsp3) is 0.250. The number of benzene rings is 1. The molecule has 2 amide bonds. The molecule has 1 aliphatic rings. The monoisotopic (exact) mass is 232 g/mol. The van der Waals surface area contributed by atoms with Crippen LogP contribution in [0.5, 0.6) is 0 Å². The fourth-order valence-electron chi connectivity index (χ4n) is 1.79. The molecule has 0 saturated carbocycles. The number of hydrogen-bond donors (Lipinski definition) is 2. The lowest BCUT2D eigenvalue weighted by Crippen LogP contribution is -2.63. The molecule has 1 atom stereocenters. The highest BCUT2D eigenvalue weighted by atomic mass is 16.2. The first-order valence-corrected chi connectivity index (χ1v) is 5.27. The second-order valence-electron chi connectivity index (χ2n) is 4.04. The van der Waals surface area contributed by atoms with E-state index < -0.39 is 23.1 Å². The van der Waals surface area contributed by atoms with Crippen molar-refractivity contribution in [1.82, 2.24) is 5.32 Å². The Bertz CT molecular complexity index is 484. The van der Waals surface area contributed by atoms with E-state index in [0.29, 0.717) is 5.56 Å². The summed E-state index contributed by atoms with van der Waals surface area (Å²) in [5.41, 5.74) is 4.57. The molecule has 5 heteroatoms. The summed E-state index contributed by atoms with van der Waals surface area (Å²) in [6.45, 7) is 0. The summed E-state index contributed by atoms with van der Waals surface area (Å²) in [6, 6.07) is 8.36. The molecule has 5 nitrogen and oxygen atoms in total. The van der Waals surface area contributed by atoms with Crippen LogP contribution in [0.15, 0.2) is 30.3 Å². The summed E-state index contributed by atoms with van der Waals surface area (Å²) in [5, 5.41) is 2.10. The number of imide groups is 1. The number of carbonyl (C=O) groups is 3. The normalized spacial score (nSPS) is 24.3. The standard InChI is InChI=1S/C12H12N2O3/c13-12(7-6-9(15)14-11(12)17)10(16)8-4-2-1-3-5-8/h1-5H,6-7,13H2,(H,14,15,17). The first kappa shape index (κ1) is 11.5. The molecule has 88 valence electrons. The van der Waals surface area contributed by atoms with Crippen molar-refractivity contribution in [3.05, 3.63) is 35.9 Å². The van der Waals surface area contributed by atoms with Crippen LogP contribution in [0.25, 0.3) is 0 Å². The van der Waals surface area contributed by atoms with Crippen LogP contribution >= 0.6 is 0 Å². The highest BCUT2D eigenvalue weighted by Gasteiger charge is 2.45. The van der Waals surface area contributed by atoms with E-state index in [2.05, 4.69) is 5.32 Å². The fourth-order valence-corrected chi connectivity index (χ4v) is 1.79. The number of nitrogens with two attached hydrogens (primary N) is 1. The van der Waals surface area contributed by atoms with Gasteiger partial charge in [0.1, 0.15) is 0 Å². The molecule has 2 rings (SSSR count). The first-order chi connectivity index (χ1) is 8.04. The maximum absolute atomic E-state index is 12.1. The summed E-state index contributed by atoms with van der Waals surface area (Å²) in [7, 11) is 0. The average Bonchev–Trinajstić information content (AvgIpc) is 2.34. The number of nitrogens with one attached hydrogen (secondary N) is 1. The molecule has 0 bridgehead atoms. The number of amides is 2. The molecular formula is C12H12N2O3. The number of rotatable bonds is 2. The van der Waals surface area contributed by atoms with E-state index >= 15 is 0 Å². The van der Waals surface area contributed by atoms with Gasteiger partial charge in [0, 0.05) is 12.0 Å². The van der Waals surface area contributed by atoms with E-state index in [0.717, 1.165) is 0 Å². The highest BCUT2D eigenvalue weighted by molar-refractivity contribution is 6.21. The molecule has 1 saturated heterocycles. The lowest BCUT2D eigenvalue weighted by Gasteiger charge is -2.29. The van der Waals surface area contributed by atoms with Crippen LogP contribution in [0.1, 0.15) is 23.2 Å². The molecule has 1 aromatic rings. The minimum atomic E-state index is -1.63. The Hall–Kier alpha value is -2.01. The van der Waals surface area contributed by atoms with Crippen LogP contribution < -0.4 is 11.1 Å². The molecule has 17 heavy (non-hydrogen) atoms. The third kappa shape index (κ3) is 1.97. The molecule has 0 aliphatic carbocycles. The zero-order valence-corrected chi connectivity index (χ0v) is 9.10. The van der Waals surface area contributed by atoms with Crippen molar-refractivity contribution in [3.63, 3.8) is 0 Å². The van der Waals surface area contributed by atoms with Gasteiger partial charge in [0.15, 0.2) is 11.3 Å². The van der Waals surface area contributed by atoms with Crippen molar-refractivity contribution < 1.29 is 14.4 Å². The van der Waals surface area contributed by atoms with Gasteiger partial charge in [0.05, 0.1) is 0 Å². The zero-order valence-electron chi connectivity index (χ0n) is 9.10. The van der Waals surface area contributed by atoms with Gasteiger partial charge < -0.3 is 5.73 Å². The molecule has 0 spiro atoms. The number of ketones is 1. The SMILES string of the molecule is NC1(C(=O)c2ccccc2)CCC(=O)NC1=O. The Morgan fingerprint density at radius 2 is 1.88 bits per heavy atom. The Balaban J connectivity index is 2.30. The van der Waals surface area contributed by atoms with Crippen LogP contribution in [-0.2, 0) is 9.59 Å². The quantitative estimate of drug-likeness (QED) is 0.427. The molecule has 1 heterocycles. The average molecular weight is 232 g/mol. The first-order valence-electron chi connectivity index (χ1n) is 5.27. The number of Topliss-reactive ketones (excluding diaryl/α,β-unsaturated/α-hetero) is 1. The van der Waals surface area contributed by atoms with Crippen LogP contribution in [0.3, 0.4) is 0 Å². The molecule has 1 fully saturated rings. The van der Waals surface area contributed by atoms with E-state index in [1.165, 1.54) is 0 Å². The van der Waals surface area contributed by atoms with E-state index in [9.17, 15) is 14.4 Å². The van der Waals surface area contributed by atoms with Crippen LogP contribution in [0.2, 0.25) is 0 Å². The van der Waals surface area contributed by atoms with Gasteiger partial charge in [-0.25, -0.2) is 0 Å². The van der Waals surface area contributed by atoms with Crippen molar-refractivity contribution in [1.29, 1.82) is 0 Å². The maximum Gasteiger partial charge on any atom is 0.254 e. The Kier molecular flexibility index (Phi) is 2.77. The summed E-state index contributed by atoms with van der Waals surface area (Å²) in [5.74, 6) is -1.57. The molecule has 1 aromatic carbocycles. The molecule has 0 aromatic heterocycles. The molecule has 1 aliphatic heterocycles. The van der Waals surface area contributed by atoms with Gasteiger partial charge in [0.25, 0.3) is 5.91 Å². The third-order valence-electron chi connectivity index (χ3n) is 2.85. The second-order valence-corrected chi connectivity index (χ2v) is 4.04. The van der Waals surface area contributed by atoms with Gasteiger partial charge >= 0.3 is 0 Å². The summed E-state index contributed by atoms with van der Waals surface area (Å²) < 4.78 is 0. The van der Waals surface area contributed by atoms with Crippen LogP contribution in [0, 0.1) is 0 Å². The predicted molar refractivity (Wildman–Crippen MR) is 60.1 cm³/mol. The van der Waals surface area contributed by atoms with Crippen molar-refractivity contribution in [2.75, 3.05) is 0 Å². The van der Waals surface area contributed by atoms with Crippen LogP contribution in [0.4, 0.5) is 0 Å². The molecule has 3 N–H and O–H groups in total.